The molecule has 2 aliphatic rings. The Labute approximate surface area is 113 Å². The van der Waals surface area contributed by atoms with Crippen molar-refractivity contribution in [2.45, 2.75) is 58.4 Å². The zero-order chi connectivity index (χ0) is 12.3. The quantitative estimate of drug-likeness (QED) is 0.731. The van der Waals surface area contributed by atoms with Crippen LogP contribution in [0.25, 0.3) is 0 Å². The van der Waals surface area contributed by atoms with Gasteiger partial charge in [-0.3, -0.25) is 4.90 Å². The highest BCUT2D eigenvalue weighted by atomic mass is 32.1. The van der Waals surface area contributed by atoms with Crippen LogP contribution in [0.1, 0.15) is 52.4 Å². The van der Waals surface area contributed by atoms with E-state index in [4.69, 9.17) is 0 Å². The van der Waals surface area contributed by atoms with Gasteiger partial charge in [-0.05, 0) is 55.7 Å². The Morgan fingerprint density at radius 2 is 1.82 bits per heavy atom. The van der Waals surface area contributed by atoms with Crippen molar-refractivity contribution >= 4 is 12.6 Å². The van der Waals surface area contributed by atoms with E-state index in [1.807, 2.05) is 0 Å². The molecule has 1 aliphatic carbocycles. The van der Waals surface area contributed by atoms with Gasteiger partial charge in [0.2, 0.25) is 0 Å². The van der Waals surface area contributed by atoms with Gasteiger partial charge in [0.15, 0.2) is 0 Å². The van der Waals surface area contributed by atoms with Crippen LogP contribution in [-0.4, -0.2) is 29.8 Å². The zero-order valence-electron chi connectivity index (χ0n) is 11.6. The lowest BCUT2D eigenvalue weighted by molar-refractivity contribution is 0.156. The Morgan fingerprint density at radius 3 is 2.41 bits per heavy atom. The summed E-state index contributed by atoms with van der Waals surface area (Å²) in [5, 5.41) is 0. The summed E-state index contributed by atoms with van der Waals surface area (Å²) in [6, 6.07) is 0.915. The van der Waals surface area contributed by atoms with E-state index in [0.29, 0.717) is 0 Å². The first kappa shape index (κ1) is 13.7. The summed E-state index contributed by atoms with van der Waals surface area (Å²) in [4.78, 5) is 2.80. The lowest BCUT2D eigenvalue weighted by Gasteiger charge is -2.33. The molecule has 0 aromatic carbocycles. The molecule has 1 heterocycles. The molecule has 100 valence electrons. The maximum absolute atomic E-state index is 4.54. The third kappa shape index (κ3) is 3.41. The van der Waals surface area contributed by atoms with Crippen molar-refractivity contribution in [2.24, 2.45) is 17.8 Å². The van der Waals surface area contributed by atoms with Crippen molar-refractivity contribution in [3.8, 4) is 0 Å². The summed E-state index contributed by atoms with van der Waals surface area (Å²) in [5.74, 6) is 3.62. The summed E-state index contributed by atoms with van der Waals surface area (Å²) < 4.78 is 0. The lowest BCUT2D eigenvalue weighted by atomic mass is 9.93. The third-order valence-electron chi connectivity index (χ3n) is 5.00. The fraction of sp³-hybridized carbons (Fsp3) is 1.00. The average Bonchev–Trinajstić information content (AvgIpc) is 2.95. The molecule has 0 radical (unpaired) electrons. The van der Waals surface area contributed by atoms with Crippen LogP contribution in [0, 0.1) is 17.8 Å². The van der Waals surface area contributed by atoms with Crippen LogP contribution in [0.15, 0.2) is 0 Å². The van der Waals surface area contributed by atoms with E-state index in [1.165, 1.54) is 51.6 Å². The highest BCUT2D eigenvalue weighted by molar-refractivity contribution is 7.80. The van der Waals surface area contributed by atoms with E-state index in [2.05, 4.69) is 31.4 Å². The minimum absolute atomic E-state index is 0.775. The first-order valence-corrected chi connectivity index (χ1v) is 8.20. The Balaban J connectivity index is 1.89. The predicted molar refractivity (Wildman–Crippen MR) is 78.7 cm³/mol. The van der Waals surface area contributed by atoms with Crippen LogP contribution >= 0.6 is 12.6 Å². The molecule has 2 unspecified atom stereocenters. The molecule has 1 nitrogen and oxygen atoms in total. The van der Waals surface area contributed by atoms with Gasteiger partial charge < -0.3 is 0 Å². The molecule has 1 saturated heterocycles. The fourth-order valence-corrected chi connectivity index (χ4v) is 4.27. The van der Waals surface area contributed by atoms with Crippen molar-refractivity contribution in [3.05, 3.63) is 0 Å². The molecule has 1 aliphatic heterocycles. The predicted octanol–water partition coefficient (Wildman–Crippen LogP) is 3.84. The first-order chi connectivity index (χ1) is 8.22. The van der Waals surface area contributed by atoms with Crippen molar-refractivity contribution in [1.82, 2.24) is 4.90 Å². The number of rotatable bonds is 5. The number of hydrogen-bond donors (Lipinski definition) is 1. The van der Waals surface area contributed by atoms with Gasteiger partial charge in [-0.25, -0.2) is 0 Å². The molecule has 0 aromatic rings. The second-order valence-electron chi connectivity index (χ2n) is 6.44. The van der Waals surface area contributed by atoms with E-state index in [-0.39, 0.29) is 0 Å². The molecule has 2 heteroatoms. The summed E-state index contributed by atoms with van der Waals surface area (Å²) in [5.41, 5.74) is 0. The summed E-state index contributed by atoms with van der Waals surface area (Å²) in [6.07, 6.45) is 8.84. The minimum Gasteiger partial charge on any atom is -0.300 e. The molecular formula is C15H29NS. The van der Waals surface area contributed by atoms with Crippen LogP contribution < -0.4 is 0 Å². The van der Waals surface area contributed by atoms with Crippen molar-refractivity contribution in [2.75, 3.05) is 18.8 Å². The number of likely N-dealkylation sites (tertiary alicyclic amines) is 1. The molecule has 1 saturated carbocycles. The molecule has 2 atom stereocenters. The molecule has 17 heavy (non-hydrogen) atoms. The Hall–Kier alpha value is 0.310. The van der Waals surface area contributed by atoms with Gasteiger partial charge in [0.25, 0.3) is 0 Å². The first-order valence-electron chi connectivity index (χ1n) is 7.57. The second-order valence-corrected chi connectivity index (χ2v) is 6.80. The average molecular weight is 255 g/mol. The molecule has 2 fully saturated rings. The lowest BCUT2D eigenvalue weighted by Crippen LogP contribution is -2.39. The van der Waals surface area contributed by atoms with Crippen molar-refractivity contribution in [3.63, 3.8) is 0 Å². The Morgan fingerprint density at radius 1 is 1.12 bits per heavy atom. The minimum atomic E-state index is 0.775. The van der Waals surface area contributed by atoms with E-state index in [9.17, 15) is 0 Å². The molecule has 0 bridgehead atoms. The standard InChI is InChI=1S/C15H29NS/c1-12(2)14(11-17)10-16-9-5-8-15(16)13-6-3-4-7-13/h12-15,17H,3-11H2,1-2H3. The Kier molecular flexibility index (Phi) is 5.23. The van der Waals surface area contributed by atoms with Gasteiger partial charge in [-0.2, -0.15) is 12.6 Å². The van der Waals surface area contributed by atoms with E-state index >= 15 is 0 Å². The maximum Gasteiger partial charge on any atom is 0.0124 e. The van der Waals surface area contributed by atoms with Crippen LogP contribution in [0.4, 0.5) is 0 Å². The van der Waals surface area contributed by atoms with Crippen LogP contribution in [0.5, 0.6) is 0 Å². The molecular weight excluding hydrogens is 226 g/mol. The van der Waals surface area contributed by atoms with E-state index in [1.54, 1.807) is 0 Å². The summed E-state index contributed by atoms with van der Waals surface area (Å²) in [7, 11) is 0. The number of hydrogen-bond acceptors (Lipinski definition) is 2. The number of thiol groups is 1. The van der Waals surface area contributed by atoms with Crippen LogP contribution in [0.3, 0.4) is 0 Å². The van der Waals surface area contributed by atoms with Gasteiger partial charge in [0, 0.05) is 12.6 Å². The van der Waals surface area contributed by atoms with Crippen LogP contribution in [0.2, 0.25) is 0 Å². The molecule has 2 rings (SSSR count). The van der Waals surface area contributed by atoms with Crippen LogP contribution in [-0.2, 0) is 0 Å². The highest BCUT2D eigenvalue weighted by Gasteiger charge is 2.34. The van der Waals surface area contributed by atoms with Crippen molar-refractivity contribution < 1.29 is 0 Å². The van der Waals surface area contributed by atoms with E-state index < -0.39 is 0 Å². The normalized spacial score (nSPS) is 29.3. The van der Waals surface area contributed by atoms with Gasteiger partial charge >= 0.3 is 0 Å². The molecule has 0 amide bonds. The summed E-state index contributed by atoms with van der Waals surface area (Å²) in [6.45, 7) is 7.34. The molecule has 0 N–H and O–H groups in total. The number of nitrogens with zero attached hydrogens (tertiary/aromatic N) is 1. The zero-order valence-corrected chi connectivity index (χ0v) is 12.5. The smallest absolute Gasteiger partial charge is 0.0124 e. The second kappa shape index (κ2) is 6.47. The highest BCUT2D eigenvalue weighted by Crippen LogP contribution is 2.36. The maximum atomic E-state index is 4.54. The largest absolute Gasteiger partial charge is 0.300 e. The molecule has 0 spiro atoms. The van der Waals surface area contributed by atoms with Gasteiger partial charge in [-0.1, -0.05) is 26.7 Å². The third-order valence-corrected chi connectivity index (χ3v) is 5.47. The topological polar surface area (TPSA) is 3.24 Å². The molecule has 0 aromatic heterocycles. The van der Waals surface area contributed by atoms with Gasteiger partial charge in [0.05, 0.1) is 0 Å². The summed E-state index contributed by atoms with van der Waals surface area (Å²) >= 11 is 4.54. The SMILES string of the molecule is CC(C)C(CS)CN1CCCC1C1CCCC1. The fourth-order valence-electron chi connectivity index (χ4n) is 3.74. The monoisotopic (exact) mass is 255 g/mol. The van der Waals surface area contributed by atoms with Gasteiger partial charge in [0.1, 0.15) is 0 Å². The Bertz CT molecular complexity index is 223. The van der Waals surface area contributed by atoms with Gasteiger partial charge in [-0.15, -0.1) is 0 Å². The van der Waals surface area contributed by atoms with Crippen molar-refractivity contribution in [1.29, 1.82) is 0 Å². The van der Waals surface area contributed by atoms with E-state index in [0.717, 1.165) is 29.5 Å².